The number of amides is 2. The summed E-state index contributed by atoms with van der Waals surface area (Å²) in [6.07, 6.45) is 39.1. The fraction of sp³-hybridized carbons (Fsp3) is 0.883. The van der Waals surface area contributed by atoms with Crippen LogP contribution in [0, 0.1) is 0 Å². The van der Waals surface area contributed by atoms with E-state index in [1.165, 1.54) is 128 Å². The van der Waals surface area contributed by atoms with Gasteiger partial charge in [-0.25, -0.2) is 4.79 Å². The van der Waals surface area contributed by atoms with Crippen molar-refractivity contribution in [3.05, 3.63) is 0 Å². The molecule has 0 heterocycles. The Morgan fingerprint density at radius 1 is 0.382 bits per heavy atom. The molecule has 0 spiro atoms. The quantitative estimate of drug-likeness (QED) is 0.0252. The fourth-order valence-electron chi connectivity index (χ4n) is 8.92. The van der Waals surface area contributed by atoms with Crippen LogP contribution < -0.4 is 10.6 Å². The molecular weight excluding hydrogens is 973 g/mol. The minimum absolute atomic E-state index is 0.154. The summed E-state index contributed by atoms with van der Waals surface area (Å²) in [6, 6.07) is -0.823. The summed E-state index contributed by atoms with van der Waals surface area (Å²) in [6.45, 7) is 6.86. The molecule has 2 amide bonds. The van der Waals surface area contributed by atoms with Crippen LogP contribution in [0.4, 0.5) is 4.79 Å². The van der Waals surface area contributed by atoms with E-state index >= 15 is 0 Å². The molecule has 16 heteroatoms. The second-order valence-corrected chi connectivity index (χ2v) is 21.8. The number of ether oxygens (including phenoxy) is 5. The van der Waals surface area contributed by atoms with Gasteiger partial charge in [0.15, 0.2) is 5.78 Å². The number of unbranched alkanes of at least 4 members (excludes halogenated alkanes) is 30. The van der Waals surface area contributed by atoms with Gasteiger partial charge in [-0.2, -0.15) is 0 Å². The van der Waals surface area contributed by atoms with E-state index in [0.29, 0.717) is 45.1 Å². The van der Waals surface area contributed by atoms with Crippen molar-refractivity contribution in [1.82, 2.24) is 10.6 Å². The van der Waals surface area contributed by atoms with Crippen molar-refractivity contribution in [3.8, 4) is 0 Å². The van der Waals surface area contributed by atoms with Crippen LogP contribution in [0.5, 0.6) is 0 Å². The Labute approximate surface area is 460 Å². The molecule has 0 aliphatic heterocycles. The lowest BCUT2D eigenvalue weighted by Crippen LogP contribution is -2.43. The number of carbonyl (C=O) groups excluding carboxylic acids is 5. The number of hydrogen-bond donors (Lipinski definition) is 4. The van der Waals surface area contributed by atoms with Gasteiger partial charge in [-0.05, 0) is 65.7 Å². The SMILES string of the molecule is CC(C)(C)OC(=O)N[C@@H](CCCC(=O)NCCOCCOC(=O)CCCCCCCCCCCCCCCCCCC(=O)O)C(=O)CCCOCCOC(=O)CCCCCCCCCCCCCCCCCCC(=O)O. The summed E-state index contributed by atoms with van der Waals surface area (Å²) < 4.78 is 27.1. The van der Waals surface area contributed by atoms with Gasteiger partial charge in [0, 0.05) is 51.7 Å². The maximum Gasteiger partial charge on any atom is 0.408 e. The zero-order chi connectivity index (χ0) is 56.0. The number of alkyl carbamates (subject to hydrolysis) is 1. The van der Waals surface area contributed by atoms with E-state index in [1.807, 2.05) is 0 Å². The van der Waals surface area contributed by atoms with Crippen molar-refractivity contribution >= 4 is 41.7 Å². The standard InChI is InChI=1S/C60H110N2O14/c1-60(2,3)76-59(71)62-52(53(63)39-37-46-72-48-50-74-57(69)43-34-30-26-22-18-14-10-6-4-8-12-16-20-24-28-32-41-55(65)66)38-36-40-54(64)61-45-47-73-49-51-75-58(70)44-35-31-27-23-19-15-11-7-5-9-13-17-21-25-29-33-42-56(67)68/h52H,4-51H2,1-3H3,(H,61,64)(H,62,71)(H,65,66)(H,67,68)/t52-/m0/s1. The van der Waals surface area contributed by atoms with Crippen molar-refractivity contribution in [1.29, 1.82) is 0 Å². The van der Waals surface area contributed by atoms with Gasteiger partial charge in [-0.1, -0.05) is 180 Å². The summed E-state index contributed by atoms with van der Waals surface area (Å²) >= 11 is 0. The molecule has 0 aliphatic rings. The molecule has 0 aromatic heterocycles. The number of carboxylic acids is 2. The van der Waals surface area contributed by atoms with Gasteiger partial charge in [-0.3, -0.25) is 28.8 Å². The number of Topliss-reactive ketones (excluding diaryl/α,β-unsaturated/α-hetero) is 1. The van der Waals surface area contributed by atoms with Gasteiger partial charge in [0.2, 0.25) is 5.91 Å². The van der Waals surface area contributed by atoms with Crippen LogP contribution in [-0.4, -0.2) is 110 Å². The van der Waals surface area contributed by atoms with E-state index < -0.39 is 29.7 Å². The monoisotopic (exact) mass is 1080 g/mol. The van der Waals surface area contributed by atoms with Gasteiger partial charge in [0.05, 0.1) is 25.9 Å². The van der Waals surface area contributed by atoms with Crippen molar-refractivity contribution < 1.29 is 67.5 Å². The van der Waals surface area contributed by atoms with Crippen LogP contribution in [0.15, 0.2) is 0 Å². The van der Waals surface area contributed by atoms with Gasteiger partial charge >= 0.3 is 30.0 Å². The number of carboxylic acid groups (broad SMARTS) is 2. The Bertz CT molecular complexity index is 1450. The lowest BCUT2D eigenvalue weighted by Gasteiger charge is -2.23. The molecule has 0 aromatic rings. The molecule has 444 valence electrons. The zero-order valence-corrected chi connectivity index (χ0v) is 48.3. The Morgan fingerprint density at radius 2 is 0.724 bits per heavy atom. The highest BCUT2D eigenvalue weighted by Crippen LogP contribution is 2.17. The molecule has 0 fully saturated rings. The first kappa shape index (κ1) is 72.2. The predicted octanol–water partition coefficient (Wildman–Crippen LogP) is 13.8. The highest BCUT2D eigenvalue weighted by molar-refractivity contribution is 5.87. The zero-order valence-electron chi connectivity index (χ0n) is 48.3. The second-order valence-electron chi connectivity index (χ2n) is 21.8. The van der Waals surface area contributed by atoms with Crippen molar-refractivity contribution in [2.75, 3.05) is 46.2 Å². The van der Waals surface area contributed by atoms with Gasteiger partial charge < -0.3 is 44.5 Å². The Morgan fingerprint density at radius 3 is 1.08 bits per heavy atom. The Hall–Kier alpha value is -3.79. The number of esters is 2. The second kappa shape index (κ2) is 53.2. The minimum Gasteiger partial charge on any atom is -0.481 e. The van der Waals surface area contributed by atoms with E-state index in [9.17, 15) is 33.6 Å². The Kier molecular flexibility index (Phi) is 50.6. The summed E-state index contributed by atoms with van der Waals surface area (Å²) in [5.74, 6) is -2.23. The predicted molar refractivity (Wildman–Crippen MR) is 299 cm³/mol. The molecule has 0 rings (SSSR count). The molecule has 16 nitrogen and oxygen atoms in total. The number of nitrogens with one attached hydrogen (secondary N) is 2. The van der Waals surface area contributed by atoms with E-state index in [1.54, 1.807) is 20.8 Å². The smallest absolute Gasteiger partial charge is 0.408 e. The molecule has 0 aromatic carbocycles. The topological polar surface area (TPSA) is 230 Å². The number of ketones is 1. The van der Waals surface area contributed by atoms with Crippen LogP contribution in [0.1, 0.15) is 284 Å². The van der Waals surface area contributed by atoms with Crippen LogP contribution in [0.25, 0.3) is 0 Å². The van der Waals surface area contributed by atoms with Crippen molar-refractivity contribution in [2.24, 2.45) is 0 Å². The molecule has 76 heavy (non-hydrogen) atoms. The van der Waals surface area contributed by atoms with Gasteiger partial charge in [-0.15, -0.1) is 0 Å². The van der Waals surface area contributed by atoms with Crippen molar-refractivity contribution in [3.63, 3.8) is 0 Å². The van der Waals surface area contributed by atoms with Crippen LogP contribution >= 0.6 is 0 Å². The summed E-state index contributed by atoms with van der Waals surface area (Å²) in [5, 5.41) is 22.8. The summed E-state index contributed by atoms with van der Waals surface area (Å²) in [5.41, 5.74) is -0.743. The molecule has 4 N–H and O–H groups in total. The molecule has 1 atom stereocenters. The number of hydrogen-bond acceptors (Lipinski definition) is 12. The van der Waals surface area contributed by atoms with Gasteiger partial charge in [0.1, 0.15) is 18.8 Å². The van der Waals surface area contributed by atoms with E-state index in [4.69, 9.17) is 33.9 Å². The first-order valence-electron chi connectivity index (χ1n) is 30.4. The maximum absolute atomic E-state index is 13.2. The van der Waals surface area contributed by atoms with Crippen molar-refractivity contribution in [2.45, 2.75) is 296 Å². The molecule has 0 saturated heterocycles. The van der Waals surface area contributed by atoms with Crippen LogP contribution in [0.2, 0.25) is 0 Å². The molecule has 0 saturated carbocycles. The summed E-state index contributed by atoms with van der Waals surface area (Å²) in [4.78, 5) is 83.6. The average Bonchev–Trinajstić information content (AvgIpc) is 3.36. The fourth-order valence-corrected chi connectivity index (χ4v) is 8.92. The van der Waals surface area contributed by atoms with E-state index in [-0.39, 0.29) is 82.5 Å². The third-order valence-corrected chi connectivity index (χ3v) is 13.3. The minimum atomic E-state index is -0.823. The highest BCUT2D eigenvalue weighted by Gasteiger charge is 2.24. The molecular formula is C60H110N2O14. The number of aliphatic carboxylic acids is 2. The van der Waals surface area contributed by atoms with E-state index in [0.717, 1.165) is 77.0 Å². The average molecular weight is 1080 g/mol. The first-order chi connectivity index (χ1) is 36.7. The normalized spacial score (nSPS) is 11.8. The largest absolute Gasteiger partial charge is 0.481 e. The summed E-state index contributed by atoms with van der Waals surface area (Å²) in [7, 11) is 0. The Balaban J connectivity index is 3.92. The third kappa shape index (κ3) is 56.4. The van der Waals surface area contributed by atoms with Crippen LogP contribution in [-0.2, 0) is 52.5 Å². The lowest BCUT2D eigenvalue weighted by atomic mass is 10.0. The maximum atomic E-state index is 13.2. The molecule has 0 aliphatic carbocycles. The third-order valence-electron chi connectivity index (χ3n) is 13.3. The number of rotatable bonds is 57. The first-order valence-corrected chi connectivity index (χ1v) is 30.4. The lowest BCUT2D eigenvalue weighted by molar-refractivity contribution is -0.146. The highest BCUT2D eigenvalue weighted by atomic mass is 16.6. The van der Waals surface area contributed by atoms with Gasteiger partial charge in [0.25, 0.3) is 0 Å². The molecule has 0 bridgehead atoms. The molecule has 0 radical (unpaired) electrons. The van der Waals surface area contributed by atoms with Crippen LogP contribution in [0.3, 0.4) is 0 Å². The molecule has 0 unspecified atom stereocenters. The number of carbonyl (C=O) groups is 7. The van der Waals surface area contributed by atoms with E-state index in [2.05, 4.69) is 10.6 Å².